The third-order valence-electron chi connectivity index (χ3n) is 8.89. The maximum atomic E-state index is 13.8. The lowest BCUT2D eigenvalue weighted by atomic mass is 9.89. The van der Waals surface area contributed by atoms with Crippen LogP contribution in [0.2, 0.25) is 0 Å². The molecule has 6 rings (SSSR count). The van der Waals surface area contributed by atoms with E-state index in [0.717, 1.165) is 45.4 Å². The smallest absolute Gasteiger partial charge is 0.290 e. The normalized spacial score (nSPS) is 16.9. The second-order valence-corrected chi connectivity index (χ2v) is 12.1. The third-order valence-corrected chi connectivity index (χ3v) is 8.89. The molecule has 4 aromatic rings. The van der Waals surface area contributed by atoms with Gasteiger partial charge in [-0.25, -0.2) is 4.98 Å². The minimum Gasteiger partial charge on any atom is -0.508 e. The van der Waals surface area contributed by atoms with Crippen molar-refractivity contribution in [3.63, 3.8) is 0 Å². The van der Waals surface area contributed by atoms with Gasteiger partial charge in [-0.05, 0) is 90.4 Å². The largest absolute Gasteiger partial charge is 0.508 e. The fraction of sp³-hybridized carbons (Fsp3) is 0.282. The van der Waals surface area contributed by atoms with Crippen LogP contribution >= 0.6 is 0 Å². The van der Waals surface area contributed by atoms with Crippen LogP contribution in [-0.4, -0.2) is 57.7 Å². The second-order valence-electron chi connectivity index (χ2n) is 12.1. The van der Waals surface area contributed by atoms with Gasteiger partial charge in [0.05, 0.1) is 6.04 Å². The van der Waals surface area contributed by atoms with Crippen LogP contribution in [0.5, 0.6) is 17.2 Å². The van der Waals surface area contributed by atoms with Crippen molar-refractivity contribution < 1.29 is 29.3 Å². The van der Waals surface area contributed by atoms with Gasteiger partial charge in [-0.15, -0.1) is 0 Å². The Hall–Kier alpha value is -5.66. The number of phenolic OH excluding ortho intramolecular Hbond substituents is 1. The summed E-state index contributed by atoms with van der Waals surface area (Å²) in [6.07, 6.45) is 3.56. The lowest BCUT2D eigenvalue weighted by Gasteiger charge is -2.42. The molecule has 0 aliphatic carbocycles. The van der Waals surface area contributed by atoms with E-state index in [0.29, 0.717) is 49.7 Å². The van der Waals surface area contributed by atoms with Crippen molar-refractivity contribution in [1.29, 1.82) is 5.26 Å². The second kappa shape index (κ2) is 16.0. The summed E-state index contributed by atoms with van der Waals surface area (Å²) in [5, 5.41) is 28.8. The molecule has 3 aromatic carbocycles. The van der Waals surface area contributed by atoms with Gasteiger partial charge < -0.3 is 25.0 Å². The quantitative estimate of drug-likeness (QED) is 0.146. The van der Waals surface area contributed by atoms with Crippen molar-refractivity contribution in [2.45, 2.75) is 57.8 Å². The number of ether oxygens (including phenoxy) is 2. The van der Waals surface area contributed by atoms with Gasteiger partial charge in [0.25, 0.3) is 6.47 Å². The molecule has 10 nitrogen and oxygen atoms in total. The molecule has 2 aliphatic rings. The summed E-state index contributed by atoms with van der Waals surface area (Å²) in [5.41, 5.74) is 7.68. The topological polar surface area (TPSA) is 145 Å². The van der Waals surface area contributed by atoms with Crippen LogP contribution in [-0.2, 0) is 29.0 Å². The maximum absolute atomic E-state index is 13.8. The fourth-order valence-electron chi connectivity index (χ4n) is 6.40. The number of rotatable bonds is 9. The number of fused-ring (bicyclic) bond motifs is 2. The summed E-state index contributed by atoms with van der Waals surface area (Å²) < 4.78 is 12.5. The van der Waals surface area contributed by atoms with Gasteiger partial charge in [0.15, 0.2) is 17.6 Å². The number of hydrogen-bond acceptors (Lipinski definition) is 8. The molecule has 0 radical (unpaired) electrons. The molecule has 10 heteroatoms. The Morgan fingerprint density at radius 2 is 1.80 bits per heavy atom. The van der Waals surface area contributed by atoms with E-state index in [1.54, 1.807) is 24.4 Å². The Morgan fingerprint density at radius 3 is 2.43 bits per heavy atom. The molecule has 1 amide bonds. The molecule has 0 bridgehead atoms. The highest BCUT2D eigenvalue weighted by molar-refractivity contribution is 5.82. The predicted molar refractivity (Wildman–Crippen MR) is 185 cm³/mol. The number of amides is 1. The zero-order valence-electron chi connectivity index (χ0n) is 27.6. The van der Waals surface area contributed by atoms with E-state index >= 15 is 0 Å². The van der Waals surface area contributed by atoms with Gasteiger partial charge in [-0.1, -0.05) is 55.5 Å². The molecule has 3 atom stereocenters. The van der Waals surface area contributed by atoms with Gasteiger partial charge in [0.2, 0.25) is 5.91 Å². The average molecular weight is 661 g/mol. The number of carboxylic acid groups (broad SMARTS) is 1. The molecule has 1 aromatic heterocycles. The molecular formula is C39H40N4O6. The first-order valence-electron chi connectivity index (χ1n) is 16.2. The lowest BCUT2D eigenvalue weighted by Crippen LogP contribution is -2.54. The highest BCUT2D eigenvalue weighted by Gasteiger charge is 2.37. The molecule has 2 aliphatic heterocycles. The van der Waals surface area contributed by atoms with E-state index in [4.69, 9.17) is 24.6 Å². The van der Waals surface area contributed by atoms with Crippen LogP contribution in [0.4, 0.5) is 0 Å². The van der Waals surface area contributed by atoms with E-state index in [9.17, 15) is 9.90 Å². The predicted octanol–water partition coefficient (Wildman–Crippen LogP) is 5.98. The minimum atomic E-state index is -0.340. The summed E-state index contributed by atoms with van der Waals surface area (Å²) in [4.78, 5) is 28.6. The molecule has 252 valence electrons. The first-order valence-corrected chi connectivity index (χ1v) is 16.2. The number of benzene rings is 3. The van der Waals surface area contributed by atoms with E-state index in [1.165, 1.54) is 0 Å². The van der Waals surface area contributed by atoms with Crippen molar-refractivity contribution in [1.82, 2.24) is 15.2 Å². The van der Waals surface area contributed by atoms with Crippen molar-refractivity contribution in [2.24, 2.45) is 0 Å². The standard InChI is InChI=1S/C38H38N4O4.CH2O2/c1-4-33(24(2)3)42-22-30-19-36-35(45-23-37(46-36)27-10-13-32(43)14-11-27)18-29(30)17-34(42)38(44)40-16-15-25-5-7-26(8-6-25)28-9-12-31(20-39)41-21-28;2-1-3/h5-14,18-19,21,33-34,37,43H,2,4,15-17,22-23H2,1,3H3,(H,40,44);1H,(H,2,3). The Labute approximate surface area is 286 Å². The summed E-state index contributed by atoms with van der Waals surface area (Å²) >= 11 is 0. The van der Waals surface area contributed by atoms with Crippen molar-refractivity contribution in [2.75, 3.05) is 13.2 Å². The van der Waals surface area contributed by atoms with Crippen LogP contribution < -0.4 is 14.8 Å². The summed E-state index contributed by atoms with van der Waals surface area (Å²) in [6, 6.07) is 24.7. The first kappa shape index (κ1) is 34.7. The zero-order chi connectivity index (χ0) is 34.9. The van der Waals surface area contributed by atoms with Crippen LogP contribution in [0.3, 0.4) is 0 Å². The molecular weight excluding hydrogens is 620 g/mol. The van der Waals surface area contributed by atoms with E-state index in [2.05, 4.69) is 46.9 Å². The first-order chi connectivity index (χ1) is 23.7. The molecule has 0 fully saturated rings. The molecule has 0 saturated heterocycles. The number of aromatic hydroxyl groups is 1. The van der Waals surface area contributed by atoms with E-state index in [1.807, 2.05) is 49.4 Å². The summed E-state index contributed by atoms with van der Waals surface area (Å²) in [7, 11) is 0. The Morgan fingerprint density at radius 1 is 1.10 bits per heavy atom. The Kier molecular flexibility index (Phi) is 11.3. The van der Waals surface area contributed by atoms with Gasteiger partial charge in [-0.2, -0.15) is 5.26 Å². The monoisotopic (exact) mass is 660 g/mol. The number of nitriles is 1. The van der Waals surface area contributed by atoms with Gasteiger partial charge in [-0.3, -0.25) is 14.5 Å². The van der Waals surface area contributed by atoms with Crippen LogP contribution in [0.1, 0.15) is 54.3 Å². The lowest BCUT2D eigenvalue weighted by molar-refractivity contribution is -0.128. The molecule has 49 heavy (non-hydrogen) atoms. The third kappa shape index (κ3) is 8.26. The van der Waals surface area contributed by atoms with Gasteiger partial charge in [0.1, 0.15) is 24.1 Å². The molecule has 3 N–H and O–H groups in total. The molecule has 3 heterocycles. The number of phenols is 1. The molecule has 0 spiro atoms. The van der Waals surface area contributed by atoms with Crippen molar-refractivity contribution in [3.8, 4) is 34.4 Å². The number of nitrogens with one attached hydrogen (secondary N) is 1. The van der Waals surface area contributed by atoms with Crippen LogP contribution in [0.15, 0.2) is 91.1 Å². The fourth-order valence-corrected chi connectivity index (χ4v) is 6.40. The molecule has 0 saturated carbocycles. The zero-order valence-corrected chi connectivity index (χ0v) is 27.6. The average Bonchev–Trinajstić information content (AvgIpc) is 3.11. The Bertz CT molecular complexity index is 1820. The maximum Gasteiger partial charge on any atom is 0.290 e. The van der Waals surface area contributed by atoms with E-state index in [-0.39, 0.29) is 36.3 Å². The van der Waals surface area contributed by atoms with Crippen LogP contribution in [0, 0.1) is 11.3 Å². The number of carbonyl (C=O) groups is 2. The Balaban J connectivity index is 0.00000151. The van der Waals surface area contributed by atoms with Crippen molar-refractivity contribution in [3.05, 3.63) is 119 Å². The number of hydrogen-bond donors (Lipinski definition) is 3. The number of aromatic nitrogens is 1. The summed E-state index contributed by atoms with van der Waals surface area (Å²) in [6.45, 7) is 9.66. The highest BCUT2D eigenvalue weighted by Crippen LogP contribution is 2.41. The van der Waals surface area contributed by atoms with Crippen molar-refractivity contribution >= 4 is 12.4 Å². The van der Waals surface area contributed by atoms with Gasteiger partial charge in [0, 0.05) is 30.9 Å². The van der Waals surface area contributed by atoms with E-state index < -0.39 is 0 Å². The minimum absolute atomic E-state index is 0.00732. The number of carbonyl (C=O) groups excluding carboxylic acids is 1. The SMILES string of the molecule is C=C(C)C(CC)N1Cc2cc3c(cc2CC1C(=O)NCCc1ccc(-c2ccc(C#N)nc2)cc1)OCC(c1ccc(O)cc1)O3.O=CO. The summed E-state index contributed by atoms with van der Waals surface area (Å²) in [5.74, 6) is 1.60. The van der Waals surface area contributed by atoms with Crippen LogP contribution in [0.25, 0.3) is 11.1 Å². The number of pyridine rings is 1. The highest BCUT2D eigenvalue weighted by atomic mass is 16.6. The number of nitrogens with zero attached hydrogens (tertiary/aromatic N) is 3. The van der Waals surface area contributed by atoms with Gasteiger partial charge >= 0.3 is 0 Å². The molecule has 3 unspecified atom stereocenters.